The molecule has 1 aliphatic rings. The van der Waals surface area contributed by atoms with Crippen LogP contribution in [-0.2, 0) is 9.59 Å². The number of hydrazine groups is 1. The zero-order chi connectivity index (χ0) is 21.1. The van der Waals surface area contributed by atoms with E-state index in [4.69, 9.17) is 4.42 Å². The molecule has 10 heteroatoms. The minimum Gasteiger partial charge on any atom is -0.431 e. The number of carbonyl (C=O) groups is 4. The zero-order valence-corrected chi connectivity index (χ0v) is 16.4. The molecule has 2 N–H and O–H groups in total. The van der Waals surface area contributed by atoms with E-state index in [2.05, 4.69) is 15.8 Å². The molecule has 0 fully saturated rings. The second-order valence-electron chi connectivity index (χ2n) is 6.39. The van der Waals surface area contributed by atoms with Gasteiger partial charge in [0.15, 0.2) is 5.58 Å². The summed E-state index contributed by atoms with van der Waals surface area (Å²) >= 11 is 1.09. The van der Waals surface area contributed by atoms with Crippen molar-refractivity contribution in [2.24, 2.45) is 0 Å². The van der Waals surface area contributed by atoms with Crippen molar-refractivity contribution >= 4 is 46.5 Å². The number of nitrogens with one attached hydrogen (secondary N) is 2. The highest BCUT2D eigenvalue weighted by molar-refractivity contribution is 7.99. The summed E-state index contributed by atoms with van der Waals surface area (Å²) in [5, 5.41) is 0.350. The Kier molecular flexibility index (Phi) is 5.48. The van der Waals surface area contributed by atoms with Crippen molar-refractivity contribution in [3.8, 4) is 0 Å². The van der Waals surface area contributed by atoms with Crippen LogP contribution in [0.4, 0.5) is 0 Å². The first-order valence-corrected chi connectivity index (χ1v) is 10.0. The number of amides is 4. The topological polar surface area (TPSA) is 122 Å². The Morgan fingerprint density at radius 1 is 0.933 bits per heavy atom. The molecule has 2 aromatic carbocycles. The first-order valence-electron chi connectivity index (χ1n) is 9.04. The van der Waals surface area contributed by atoms with E-state index < -0.39 is 23.6 Å². The maximum atomic E-state index is 12.3. The lowest BCUT2D eigenvalue weighted by molar-refractivity contribution is -0.127. The molecule has 4 amide bonds. The third kappa shape index (κ3) is 4.03. The minimum atomic E-state index is -0.522. The highest BCUT2D eigenvalue weighted by atomic mass is 32.2. The molecule has 0 saturated carbocycles. The van der Waals surface area contributed by atoms with Crippen molar-refractivity contribution in [1.29, 1.82) is 0 Å². The summed E-state index contributed by atoms with van der Waals surface area (Å²) in [5.41, 5.74) is 6.53. The number of benzene rings is 2. The van der Waals surface area contributed by atoms with Gasteiger partial charge in [-0.15, -0.1) is 0 Å². The maximum absolute atomic E-state index is 12.3. The number of thioether (sulfide) groups is 1. The summed E-state index contributed by atoms with van der Waals surface area (Å²) < 4.78 is 5.50. The predicted molar refractivity (Wildman–Crippen MR) is 107 cm³/mol. The van der Waals surface area contributed by atoms with Crippen LogP contribution < -0.4 is 10.9 Å². The van der Waals surface area contributed by atoms with Crippen molar-refractivity contribution in [3.05, 3.63) is 59.7 Å². The van der Waals surface area contributed by atoms with E-state index in [0.29, 0.717) is 27.4 Å². The summed E-state index contributed by atoms with van der Waals surface area (Å²) in [7, 11) is 0. The van der Waals surface area contributed by atoms with Crippen LogP contribution >= 0.6 is 11.8 Å². The normalized spacial score (nSPS) is 12.9. The first kappa shape index (κ1) is 19.6. The molecule has 0 aliphatic carbocycles. The molecule has 3 aromatic rings. The fraction of sp³-hybridized carbons (Fsp3) is 0.150. The van der Waals surface area contributed by atoms with Gasteiger partial charge in [0.05, 0.1) is 16.9 Å². The van der Waals surface area contributed by atoms with Crippen LogP contribution in [0.25, 0.3) is 11.1 Å². The Hall–Kier alpha value is -3.66. The van der Waals surface area contributed by atoms with Crippen molar-refractivity contribution in [2.75, 3.05) is 12.3 Å². The fourth-order valence-corrected chi connectivity index (χ4v) is 3.57. The van der Waals surface area contributed by atoms with Gasteiger partial charge in [0.1, 0.15) is 5.52 Å². The molecule has 0 bridgehead atoms. The second kappa shape index (κ2) is 8.37. The molecule has 0 radical (unpaired) electrons. The quantitative estimate of drug-likeness (QED) is 0.351. The number of carbonyl (C=O) groups excluding carboxylic acids is 4. The van der Waals surface area contributed by atoms with Gasteiger partial charge in [0.25, 0.3) is 17.0 Å². The SMILES string of the molecule is O=C(CCN1C(=O)c2ccccc2C1=O)NNC(=O)CSc1nc2ccccc2o1. The van der Waals surface area contributed by atoms with Crippen LogP contribution in [0.15, 0.2) is 58.2 Å². The van der Waals surface area contributed by atoms with Crippen LogP contribution in [0, 0.1) is 0 Å². The second-order valence-corrected chi connectivity index (χ2v) is 7.32. The van der Waals surface area contributed by atoms with Gasteiger partial charge in [-0.25, -0.2) is 4.98 Å². The van der Waals surface area contributed by atoms with Gasteiger partial charge in [-0.05, 0) is 24.3 Å². The highest BCUT2D eigenvalue weighted by Gasteiger charge is 2.34. The van der Waals surface area contributed by atoms with E-state index in [-0.39, 0.29) is 18.7 Å². The minimum absolute atomic E-state index is 0.00842. The Labute approximate surface area is 174 Å². The molecular weight excluding hydrogens is 408 g/mol. The van der Waals surface area contributed by atoms with Gasteiger partial charge in [0.2, 0.25) is 11.8 Å². The van der Waals surface area contributed by atoms with Gasteiger partial charge in [-0.2, -0.15) is 0 Å². The molecule has 152 valence electrons. The number of aromatic nitrogens is 1. The molecular formula is C20H16N4O5S. The number of hydrogen-bond donors (Lipinski definition) is 2. The molecule has 0 spiro atoms. The molecule has 2 heterocycles. The summed E-state index contributed by atoms with van der Waals surface area (Å²) in [4.78, 5) is 53.7. The Morgan fingerprint density at radius 3 is 2.27 bits per heavy atom. The highest BCUT2D eigenvalue weighted by Crippen LogP contribution is 2.23. The predicted octanol–water partition coefficient (Wildman–Crippen LogP) is 1.75. The van der Waals surface area contributed by atoms with Crippen molar-refractivity contribution in [3.63, 3.8) is 0 Å². The van der Waals surface area contributed by atoms with E-state index in [1.54, 1.807) is 36.4 Å². The number of oxazole rings is 1. The summed E-state index contributed by atoms with van der Waals surface area (Å²) in [5.74, 6) is -1.83. The number of rotatable bonds is 6. The summed E-state index contributed by atoms with van der Waals surface area (Å²) in [6.07, 6.45) is -0.135. The number of imide groups is 1. The largest absolute Gasteiger partial charge is 0.431 e. The lowest BCUT2D eigenvalue weighted by Gasteiger charge is -2.13. The van der Waals surface area contributed by atoms with Crippen LogP contribution in [-0.4, -0.2) is 45.8 Å². The lowest BCUT2D eigenvalue weighted by atomic mass is 10.1. The van der Waals surface area contributed by atoms with Crippen LogP contribution in [0.1, 0.15) is 27.1 Å². The van der Waals surface area contributed by atoms with Crippen LogP contribution in [0.5, 0.6) is 0 Å². The standard InChI is InChI=1S/C20H16N4O5S/c25-16(9-10-24-18(27)12-5-1-2-6-13(12)19(24)28)22-23-17(26)11-30-20-21-14-7-3-4-8-15(14)29-20/h1-8H,9-11H2,(H,22,25)(H,23,26). The van der Waals surface area contributed by atoms with Gasteiger partial charge in [-0.3, -0.25) is 34.9 Å². The zero-order valence-electron chi connectivity index (χ0n) is 15.6. The third-order valence-electron chi connectivity index (χ3n) is 4.38. The van der Waals surface area contributed by atoms with Gasteiger partial charge in [-0.1, -0.05) is 36.0 Å². The molecule has 1 aromatic heterocycles. The first-order chi connectivity index (χ1) is 14.5. The molecule has 0 atom stereocenters. The molecule has 0 saturated heterocycles. The van der Waals surface area contributed by atoms with Crippen molar-refractivity contribution in [2.45, 2.75) is 11.6 Å². The smallest absolute Gasteiger partial charge is 0.261 e. The van der Waals surface area contributed by atoms with Crippen LogP contribution in [0.3, 0.4) is 0 Å². The Morgan fingerprint density at radius 2 is 1.57 bits per heavy atom. The molecule has 9 nitrogen and oxygen atoms in total. The molecule has 0 unspecified atom stereocenters. The van der Waals surface area contributed by atoms with E-state index in [0.717, 1.165) is 16.7 Å². The van der Waals surface area contributed by atoms with E-state index in [1.807, 2.05) is 12.1 Å². The van der Waals surface area contributed by atoms with Crippen molar-refractivity contribution in [1.82, 2.24) is 20.7 Å². The number of fused-ring (bicyclic) bond motifs is 2. The van der Waals surface area contributed by atoms with E-state index in [9.17, 15) is 19.2 Å². The van der Waals surface area contributed by atoms with Gasteiger partial charge in [0, 0.05) is 13.0 Å². The van der Waals surface area contributed by atoms with Crippen LogP contribution in [0.2, 0.25) is 0 Å². The number of para-hydroxylation sites is 2. The lowest BCUT2D eigenvalue weighted by Crippen LogP contribution is -2.44. The summed E-state index contributed by atoms with van der Waals surface area (Å²) in [6, 6.07) is 13.7. The number of nitrogens with zero attached hydrogens (tertiary/aromatic N) is 2. The van der Waals surface area contributed by atoms with E-state index >= 15 is 0 Å². The maximum Gasteiger partial charge on any atom is 0.261 e. The monoisotopic (exact) mass is 424 g/mol. The fourth-order valence-electron chi connectivity index (χ4n) is 2.93. The van der Waals surface area contributed by atoms with Gasteiger partial charge < -0.3 is 4.42 Å². The molecule has 4 rings (SSSR count). The third-order valence-corrected chi connectivity index (χ3v) is 5.21. The molecule has 30 heavy (non-hydrogen) atoms. The average Bonchev–Trinajstić information content (AvgIpc) is 3.28. The number of hydrogen-bond acceptors (Lipinski definition) is 7. The summed E-state index contributed by atoms with van der Waals surface area (Å²) in [6.45, 7) is -0.0777. The Bertz CT molecular complexity index is 1090. The van der Waals surface area contributed by atoms with Crippen molar-refractivity contribution < 1.29 is 23.6 Å². The van der Waals surface area contributed by atoms with E-state index in [1.165, 1.54) is 0 Å². The molecule has 1 aliphatic heterocycles. The van der Waals surface area contributed by atoms with Gasteiger partial charge >= 0.3 is 0 Å². The Balaban J connectivity index is 1.21. The average molecular weight is 424 g/mol.